The maximum absolute atomic E-state index is 12.8. The van der Waals surface area contributed by atoms with Crippen LogP contribution in [-0.2, 0) is 11.3 Å². The van der Waals surface area contributed by atoms with E-state index in [4.69, 9.17) is 27.9 Å². The number of hydrogen-bond acceptors (Lipinski definition) is 5. The molecule has 0 unspecified atom stereocenters. The molecule has 0 aliphatic carbocycles. The number of carbonyl (C=O) groups excluding carboxylic acids is 1. The van der Waals surface area contributed by atoms with Crippen LogP contribution in [0, 0.1) is 0 Å². The highest BCUT2D eigenvalue weighted by Gasteiger charge is 2.16. The normalized spacial score (nSPS) is 12.3. The first-order valence-corrected chi connectivity index (χ1v) is 11.0. The van der Waals surface area contributed by atoms with E-state index in [2.05, 4.69) is 9.98 Å². The topological polar surface area (TPSA) is 56.5 Å². The average molecular weight is 452 g/mol. The van der Waals surface area contributed by atoms with Crippen molar-refractivity contribution in [1.29, 1.82) is 0 Å². The van der Waals surface area contributed by atoms with Gasteiger partial charge in [0, 0.05) is 13.2 Å². The lowest BCUT2D eigenvalue weighted by atomic mass is 10.3. The third-order valence-electron chi connectivity index (χ3n) is 4.07. The quantitative estimate of drug-likeness (QED) is 0.381. The van der Waals surface area contributed by atoms with E-state index in [0.717, 1.165) is 20.4 Å². The monoisotopic (exact) mass is 451 g/mol. The average Bonchev–Trinajstić information content (AvgIpc) is 3.27. The number of halogens is 2. The molecule has 0 bridgehead atoms. The fourth-order valence-electron chi connectivity index (χ4n) is 2.79. The Morgan fingerprint density at radius 2 is 2.00 bits per heavy atom. The van der Waals surface area contributed by atoms with Crippen molar-refractivity contribution in [2.24, 2.45) is 4.99 Å². The molecule has 9 heteroatoms. The lowest BCUT2D eigenvalue weighted by Crippen LogP contribution is -2.20. The predicted molar refractivity (Wildman–Crippen MR) is 116 cm³/mol. The number of benzene rings is 2. The number of fused-ring (bicyclic) bond motifs is 2. The minimum atomic E-state index is -0.375. The SMILES string of the molecule is CCOCCn1c(=NC(=O)c2nc3ccccc3s2)sc2ccc(Cl)c(Cl)c21. The van der Waals surface area contributed by atoms with Gasteiger partial charge in [0.15, 0.2) is 9.81 Å². The van der Waals surface area contributed by atoms with E-state index in [-0.39, 0.29) is 5.91 Å². The number of hydrogen-bond donors (Lipinski definition) is 0. The standard InChI is InChI=1S/C19H15Cl2N3O2S2/c1-2-26-10-9-24-16-14(8-7-11(20)15(16)21)28-19(24)23-17(25)18-22-12-5-3-4-6-13(12)27-18/h3-8H,2,9-10H2,1H3. The van der Waals surface area contributed by atoms with Crippen molar-refractivity contribution in [1.82, 2.24) is 9.55 Å². The Morgan fingerprint density at radius 3 is 2.79 bits per heavy atom. The summed E-state index contributed by atoms with van der Waals surface area (Å²) < 4.78 is 9.22. The molecule has 0 spiro atoms. The maximum atomic E-state index is 12.8. The third kappa shape index (κ3) is 3.73. The number of amides is 1. The van der Waals surface area contributed by atoms with Crippen molar-refractivity contribution in [3.05, 3.63) is 56.3 Å². The van der Waals surface area contributed by atoms with Crippen molar-refractivity contribution >= 4 is 72.2 Å². The summed E-state index contributed by atoms with van der Waals surface area (Å²) in [6.07, 6.45) is 0. The summed E-state index contributed by atoms with van der Waals surface area (Å²) in [7, 11) is 0. The highest BCUT2D eigenvalue weighted by atomic mass is 35.5. The molecule has 4 aromatic rings. The van der Waals surface area contributed by atoms with Gasteiger partial charge in [0.2, 0.25) is 0 Å². The second-order valence-corrected chi connectivity index (χ2v) is 8.67. The summed E-state index contributed by atoms with van der Waals surface area (Å²) in [4.78, 5) is 22.1. The van der Waals surface area contributed by atoms with Crippen LogP contribution in [0.1, 0.15) is 16.7 Å². The van der Waals surface area contributed by atoms with Gasteiger partial charge in [0.25, 0.3) is 0 Å². The van der Waals surface area contributed by atoms with E-state index in [9.17, 15) is 4.79 Å². The smallest absolute Gasteiger partial charge is 0.308 e. The van der Waals surface area contributed by atoms with E-state index in [1.54, 1.807) is 6.07 Å². The molecule has 4 rings (SSSR count). The molecule has 0 N–H and O–H groups in total. The van der Waals surface area contributed by atoms with Crippen LogP contribution < -0.4 is 4.80 Å². The van der Waals surface area contributed by atoms with Gasteiger partial charge in [0.1, 0.15) is 0 Å². The summed E-state index contributed by atoms with van der Waals surface area (Å²) in [5.41, 5.74) is 1.55. The molecular formula is C19H15Cl2N3O2S2. The van der Waals surface area contributed by atoms with Crippen molar-refractivity contribution in [3.8, 4) is 0 Å². The van der Waals surface area contributed by atoms with Crippen LogP contribution in [0.4, 0.5) is 0 Å². The van der Waals surface area contributed by atoms with Gasteiger partial charge in [-0.05, 0) is 31.2 Å². The van der Waals surface area contributed by atoms with E-state index >= 15 is 0 Å². The zero-order chi connectivity index (χ0) is 19.7. The van der Waals surface area contributed by atoms with Crippen molar-refractivity contribution in [3.63, 3.8) is 0 Å². The van der Waals surface area contributed by atoms with Gasteiger partial charge in [-0.3, -0.25) is 4.79 Å². The Balaban J connectivity index is 1.82. The largest absolute Gasteiger partial charge is 0.380 e. The minimum absolute atomic E-state index is 0.360. The molecule has 0 saturated carbocycles. The lowest BCUT2D eigenvalue weighted by molar-refractivity contribution is 0.0996. The molecule has 2 heterocycles. The van der Waals surface area contributed by atoms with Crippen LogP contribution in [0.5, 0.6) is 0 Å². The molecule has 0 fully saturated rings. The molecule has 0 aliphatic rings. The summed E-state index contributed by atoms with van der Waals surface area (Å²) >= 11 is 15.4. The van der Waals surface area contributed by atoms with Gasteiger partial charge < -0.3 is 9.30 Å². The number of rotatable bonds is 5. The highest BCUT2D eigenvalue weighted by molar-refractivity contribution is 7.20. The predicted octanol–water partition coefficient (Wildman–Crippen LogP) is 5.40. The van der Waals surface area contributed by atoms with Crippen LogP contribution in [0.2, 0.25) is 10.0 Å². The maximum Gasteiger partial charge on any atom is 0.308 e. The van der Waals surface area contributed by atoms with Crippen LogP contribution in [0.3, 0.4) is 0 Å². The van der Waals surface area contributed by atoms with Crippen molar-refractivity contribution in [2.45, 2.75) is 13.5 Å². The Hall–Kier alpha value is -1.77. The highest BCUT2D eigenvalue weighted by Crippen LogP contribution is 2.32. The van der Waals surface area contributed by atoms with E-state index in [0.29, 0.717) is 39.6 Å². The second kappa shape index (κ2) is 8.31. The number of ether oxygens (including phenoxy) is 1. The number of para-hydroxylation sites is 1. The fourth-order valence-corrected chi connectivity index (χ4v) is 5.18. The lowest BCUT2D eigenvalue weighted by Gasteiger charge is -2.07. The van der Waals surface area contributed by atoms with Gasteiger partial charge >= 0.3 is 5.91 Å². The molecule has 144 valence electrons. The fraction of sp³-hybridized carbons (Fsp3) is 0.211. The van der Waals surface area contributed by atoms with Crippen LogP contribution in [0.15, 0.2) is 41.4 Å². The number of carbonyl (C=O) groups is 1. The summed E-state index contributed by atoms with van der Waals surface area (Å²) in [5.74, 6) is -0.375. The van der Waals surface area contributed by atoms with Crippen LogP contribution in [-0.4, -0.2) is 28.7 Å². The van der Waals surface area contributed by atoms with Gasteiger partial charge in [-0.25, -0.2) is 4.98 Å². The van der Waals surface area contributed by atoms with Crippen LogP contribution >= 0.6 is 45.9 Å². The molecular weight excluding hydrogens is 437 g/mol. The Morgan fingerprint density at radius 1 is 1.18 bits per heavy atom. The zero-order valence-corrected chi connectivity index (χ0v) is 18.0. The van der Waals surface area contributed by atoms with Gasteiger partial charge in [-0.1, -0.05) is 46.7 Å². The second-order valence-electron chi connectivity index (χ2n) is 5.85. The summed E-state index contributed by atoms with van der Waals surface area (Å²) in [6.45, 7) is 3.53. The minimum Gasteiger partial charge on any atom is -0.380 e. The van der Waals surface area contributed by atoms with E-state index < -0.39 is 0 Å². The molecule has 0 saturated heterocycles. The first-order chi connectivity index (χ1) is 13.6. The van der Waals surface area contributed by atoms with Gasteiger partial charge in [-0.2, -0.15) is 4.99 Å². The van der Waals surface area contributed by atoms with Gasteiger partial charge in [0.05, 0.1) is 37.1 Å². The first kappa shape index (κ1) is 19.5. The molecule has 1 amide bonds. The number of aromatic nitrogens is 2. The molecule has 2 aromatic heterocycles. The summed E-state index contributed by atoms with van der Waals surface area (Å²) in [6, 6.07) is 11.3. The molecule has 5 nitrogen and oxygen atoms in total. The van der Waals surface area contributed by atoms with Gasteiger partial charge in [-0.15, -0.1) is 11.3 Å². The third-order valence-corrected chi connectivity index (χ3v) is 6.93. The Kier molecular flexibility index (Phi) is 5.80. The molecule has 0 aliphatic heterocycles. The molecule has 0 atom stereocenters. The first-order valence-electron chi connectivity index (χ1n) is 8.58. The zero-order valence-electron chi connectivity index (χ0n) is 14.8. The van der Waals surface area contributed by atoms with Crippen molar-refractivity contribution in [2.75, 3.05) is 13.2 Å². The molecule has 28 heavy (non-hydrogen) atoms. The molecule has 2 aromatic carbocycles. The number of nitrogens with zero attached hydrogens (tertiary/aromatic N) is 3. The Labute approximate surface area is 178 Å². The van der Waals surface area contributed by atoms with E-state index in [1.807, 2.05) is 41.8 Å². The Bertz CT molecular complexity index is 1210. The van der Waals surface area contributed by atoms with E-state index in [1.165, 1.54) is 22.7 Å². The molecule has 0 radical (unpaired) electrons. The summed E-state index contributed by atoms with van der Waals surface area (Å²) in [5, 5.41) is 1.26. The number of thiazole rings is 2. The van der Waals surface area contributed by atoms with Crippen molar-refractivity contribution < 1.29 is 9.53 Å². The van der Waals surface area contributed by atoms with Crippen LogP contribution in [0.25, 0.3) is 20.4 Å².